The number of benzene rings is 1. The zero-order valence-electron chi connectivity index (χ0n) is 20.4. The molecule has 1 aliphatic heterocycles. The molecular formula is C23H35N3O12. The van der Waals surface area contributed by atoms with E-state index < -0.39 is 99.5 Å². The Bertz CT molecular complexity index is 890. The van der Waals surface area contributed by atoms with Crippen LogP contribution >= 0.6 is 0 Å². The molecule has 15 heteroatoms. The summed E-state index contributed by atoms with van der Waals surface area (Å²) >= 11 is 0. The molecule has 0 saturated carbocycles. The third-order valence-corrected chi connectivity index (χ3v) is 5.92. The van der Waals surface area contributed by atoms with Gasteiger partial charge in [0.2, 0.25) is 0 Å². The van der Waals surface area contributed by atoms with Gasteiger partial charge >= 0.3 is 0 Å². The van der Waals surface area contributed by atoms with Crippen LogP contribution in [0.3, 0.4) is 0 Å². The van der Waals surface area contributed by atoms with Crippen molar-refractivity contribution >= 4 is 18.0 Å². The monoisotopic (exact) mass is 545 g/mol. The summed E-state index contributed by atoms with van der Waals surface area (Å²) in [5.41, 5.74) is 2.41. The number of aliphatic hydroxyl groups excluding tert-OH is 8. The van der Waals surface area contributed by atoms with E-state index in [0.717, 1.165) is 6.21 Å². The first-order chi connectivity index (χ1) is 18.1. The molecule has 0 spiro atoms. The number of rotatable bonds is 14. The predicted octanol–water partition coefficient (Wildman–Crippen LogP) is -4.93. The van der Waals surface area contributed by atoms with Gasteiger partial charge in [0.25, 0.3) is 11.8 Å². The van der Waals surface area contributed by atoms with E-state index in [1.165, 1.54) is 0 Å². The van der Waals surface area contributed by atoms with Crippen molar-refractivity contribution in [2.24, 2.45) is 11.0 Å². The van der Waals surface area contributed by atoms with Crippen LogP contribution in [0.4, 0.5) is 0 Å². The van der Waals surface area contributed by atoms with Crippen molar-refractivity contribution in [3.05, 3.63) is 35.9 Å². The summed E-state index contributed by atoms with van der Waals surface area (Å²) < 4.78 is 10.6. The third kappa shape index (κ3) is 9.02. The van der Waals surface area contributed by atoms with Gasteiger partial charge in [0.15, 0.2) is 0 Å². The normalized spacial score (nSPS) is 26.9. The van der Waals surface area contributed by atoms with E-state index in [9.17, 15) is 50.4 Å². The molecule has 0 bridgehead atoms. The van der Waals surface area contributed by atoms with Gasteiger partial charge in [-0.05, 0) is 12.1 Å². The molecule has 10 N–H and O–H groups in total. The zero-order valence-corrected chi connectivity index (χ0v) is 20.4. The topological polar surface area (TPSA) is 251 Å². The Morgan fingerprint density at radius 2 is 1.68 bits per heavy atom. The molecule has 0 radical (unpaired) electrons. The first kappa shape index (κ1) is 31.6. The minimum Gasteiger partial charge on any atom is -0.394 e. The molecule has 15 nitrogen and oxygen atoms in total. The zero-order chi connectivity index (χ0) is 28.2. The van der Waals surface area contributed by atoms with Crippen molar-refractivity contribution in [2.75, 3.05) is 33.0 Å². The van der Waals surface area contributed by atoms with Crippen LogP contribution in [0.2, 0.25) is 0 Å². The average molecular weight is 546 g/mol. The lowest BCUT2D eigenvalue weighted by Crippen LogP contribution is -2.59. The number of aliphatic hydroxyl groups is 8. The second-order valence-electron chi connectivity index (χ2n) is 8.66. The van der Waals surface area contributed by atoms with Gasteiger partial charge in [-0.25, -0.2) is 5.43 Å². The number of carbonyl (C=O) groups is 2. The molecule has 0 aromatic heterocycles. The molecule has 0 aliphatic carbocycles. The number of hydrazone groups is 1. The summed E-state index contributed by atoms with van der Waals surface area (Å²) in [7, 11) is 0. The first-order valence-electron chi connectivity index (χ1n) is 11.8. The number of carbonyl (C=O) groups excluding carboxylic acids is 2. The Morgan fingerprint density at radius 3 is 2.32 bits per heavy atom. The lowest BCUT2D eigenvalue weighted by Gasteiger charge is -2.40. The second kappa shape index (κ2) is 15.7. The number of nitrogens with one attached hydrogen (secondary N) is 2. The van der Waals surface area contributed by atoms with Crippen LogP contribution in [0.1, 0.15) is 10.4 Å². The fourth-order valence-corrected chi connectivity index (χ4v) is 3.63. The smallest absolute Gasteiger partial charge is 0.259 e. The van der Waals surface area contributed by atoms with Crippen LogP contribution in [0.15, 0.2) is 35.4 Å². The molecule has 1 aliphatic rings. The summed E-state index contributed by atoms with van der Waals surface area (Å²) in [6.45, 7) is -2.69. The Kier molecular flexibility index (Phi) is 13.1. The molecule has 38 heavy (non-hydrogen) atoms. The molecule has 2 rings (SSSR count). The quantitative estimate of drug-likeness (QED) is 0.0780. The fraction of sp³-hybridized carbons (Fsp3) is 0.609. The summed E-state index contributed by atoms with van der Waals surface area (Å²) in [4.78, 5) is 23.8. The van der Waals surface area contributed by atoms with E-state index in [1.54, 1.807) is 30.3 Å². The molecule has 1 heterocycles. The number of nitrogens with zero attached hydrogens (tertiary/aromatic N) is 1. The van der Waals surface area contributed by atoms with Crippen molar-refractivity contribution in [3.8, 4) is 0 Å². The average Bonchev–Trinajstić information content (AvgIpc) is 2.93. The summed E-state index contributed by atoms with van der Waals surface area (Å²) in [5, 5.41) is 84.9. The van der Waals surface area contributed by atoms with Gasteiger partial charge in [-0.3, -0.25) is 9.59 Å². The predicted molar refractivity (Wildman–Crippen MR) is 129 cm³/mol. The Labute approximate surface area is 217 Å². The van der Waals surface area contributed by atoms with Gasteiger partial charge < -0.3 is 55.6 Å². The summed E-state index contributed by atoms with van der Waals surface area (Å²) in [6.07, 6.45) is -11.3. The van der Waals surface area contributed by atoms with Crippen LogP contribution in [-0.4, -0.2) is 141 Å². The highest BCUT2D eigenvalue weighted by Gasteiger charge is 2.43. The van der Waals surface area contributed by atoms with Gasteiger partial charge in [0.1, 0.15) is 36.6 Å². The van der Waals surface area contributed by atoms with E-state index in [1.807, 2.05) is 0 Å². The van der Waals surface area contributed by atoms with Crippen molar-refractivity contribution in [2.45, 2.75) is 48.8 Å². The van der Waals surface area contributed by atoms with Crippen molar-refractivity contribution in [1.82, 2.24) is 10.7 Å². The van der Waals surface area contributed by atoms with Gasteiger partial charge in [0.05, 0.1) is 51.4 Å². The highest BCUT2D eigenvalue weighted by molar-refractivity contribution is 5.96. The Hall–Kier alpha value is -2.57. The number of hydrogen-bond acceptors (Lipinski definition) is 13. The molecule has 2 amide bonds. The van der Waals surface area contributed by atoms with E-state index in [2.05, 4.69) is 15.8 Å². The van der Waals surface area contributed by atoms with E-state index in [-0.39, 0.29) is 0 Å². The molecule has 9 unspecified atom stereocenters. The van der Waals surface area contributed by atoms with Crippen LogP contribution in [0.25, 0.3) is 0 Å². The number of ether oxygens (including phenoxy) is 2. The summed E-state index contributed by atoms with van der Waals surface area (Å²) in [5.74, 6) is -2.47. The highest BCUT2D eigenvalue weighted by Crippen LogP contribution is 2.22. The van der Waals surface area contributed by atoms with Crippen molar-refractivity contribution in [1.29, 1.82) is 0 Å². The minimum atomic E-state index is -1.73. The maximum Gasteiger partial charge on any atom is 0.259 e. The van der Waals surface area contributed by atoms with E-state index in [4.69, 9.17) is 9.47 Å². The number of amides is 2. The van der Waals surface area contributed by atoms with Crippen LogP contribution in [0.5, 0.6) is 0 Å². The van der Waals surface area contributed by atoms with Crippen LogP contribution in [0, 0.1) is 5.92 Å². The molecule has 214 valence electrons. The van der Waals surface area contributed by atoms with Crippen LogP contribution in [-0.2, 0) is 14.3 Å². The highest BCUT2D eigenvalue weighted by atomic mass is 16.6. The SMILES string of the molecule is O=C(CNC(=O)c1ccccc1)NN=CC(O)C(O)C(COCC1OC(CO)C(O)C(O)C1O)C(O)CO. The lowest BCUT2D eigenvalue weighted by atomic mass is 9.93. The lowest BCUT2D eigenvalue weighted by molar-refractivity contribution is -0.240. The largest absolute Gasteiger partial charge is 0.394 e. The second-order valence-corrected chi connectivity index (χ2v) is 8.66. The summed E-state index contributed by atoms with van der Waals surface area (Å²) in [6, 6.07) is 8.18. The maximum absolute atomic E-state index is 11.9. The van der Waals surface area contributed by atoms with Gasteiger partial charge in [-0.1, -0.05) is 18.2 Å². The molecule has 1 aromatic carbocycles. The number of hydrogen-bond donors (Lipinski definition) is 10. The fourth-order valence-electron chi connectivity index (χ4n) is 3.63. The maximum atomic E-state index is 11.9. The first-order valence-corrected chi connectivity index (χ1v) is 11.8. The van der Waals surface area contributed by atoms with E-state index in [0.29, 0.717) is 5.56 Å². The van der Waals surface area contributed by atoms with Gasteiger partial charge in [-0.15, -0.1) is 0 Å². The molecule has 1 saturated heterocycles. The molecule has 9 atom stereocenters. The third-order valence-electron chi connectivity index (χ3n) is 5.92. The van der Waals surface area contributed by atoms with E-state index >= 15 is 0 Å². The van der Waals surface area contributed by atoms with Crippen LogP contribution < -0.4 is 10.7 Å². The van der Waals surface area contributed by atoms with Gasteiger partial charge in [0, 0.05) is 11.5 Å². The van der Waals surface area contributed by atoms with Gasteiger partial charge in [-0.2, -0.15) is 5.10 Å². The van der Waals surface area contributed by atoms with Crippen molar-refractivity contribution in [3.63, 3.8) is 0 Å². The molecular weight excluding hydrogens is 510 g/mol. The Balaban J connectivity index is 1.84. The molecule has 1 fully saturated rings. The minimum absolute atomic E-state index is 0.351. The molecule has 1 aromatic rings. The Morgan fingerprint density at radius 1 is 1.03 bits per heavy atom. The standard InChI is InChI=1S/C23H35N3O12/c27-8-15(30)13(10-37-11-17-21(34)22(35)20(33)16(9-28)38-17)19(32)14(29)6-25-26-18(31)7-24-23(36)12-4-2-1-3-5-12/h1-6,13-17,19-22,27-30,32-35H,7-11H2,(H,24,36)(H,26,31). The van der Waals surface area contributed by atoms with Crippen molar-refractivity contribution < 1.29 is 59.9 Å².